The Hall–Kier alpha value is -4.36. The van der Waals surface area contributed by atoms with Crippen LogP contribution in [-0.2, 0) is 26.0 Å². The van der Waals surface area contributed by atoms with Crippen molar-refractivity contribution in [3.63, 3.8) is 0 Å². The van der Waals surface area contributed by atoms with Crippen LogP contribution in [0.15, 0.2) is 60.8 Å². The molecule has 4 aromatic rings. The third-order valence-corrected chi connectivity index (χ3v) is 7.47. The first-order valence-corrected chi connectivity index (χ1v) is 15.8. The first-order valence-electron chi connectivity index (χ1n) is 13.7. The molecule has 0 saturated carbocycles. The normalized spacial score (nSPS) is 11.9. The summed E-state index contributed by atoms with van der Waals surface area (Å²) in [6.45, 7) is 6.53. The monoisotopic (exact) mass is 589 g/mol. The fourth-order valence-electron chi connectivity index (χ4n) is 4.39. The third kappa shape index (κ3) is 8.57. The maximum Gasteiger partial charge on any atom is 0.307 e. The molecule has 0 aliphatic carbocycles. The summed E-state index contributed by atoms with van der Waals surface area (Å²) in [5, 5.41) is 4.67. The van der Waals surface area contributed by atoms with Crippen LogP contribution in [0.1, 0.15) is 49.3 Å². The van der Waals surface area contributed by atoms with Gasteiger partial charge < -0.3 is 14.2 Å². The number of pyridine rings is 1. The molecule has 9 nitrogen and oxygen atoms in total. The van der Waals surface area contributed by atoms with E-state index in [-0.39, 0.29) is 24.1 Å². The predicted octanol–water partition coefficient (Wildman–Crippen LogP) is 5.16. The van der Waals surface area contributed by atoms with Gasteiger partial charge in [0.25, 0.3) is 0 Å². The second-order valence-electron chi connectivity index (χ2n) is 9.90. The summed E-state index contributed by atoms with van der Waals surface area (Å²) in [5.74, 6) is 7.55. The standard InChI is InChI=1S/C32H35N3O6S/c1-5-8-26(20-31(36)39-6-2)25-10-12-27(13-11-25)41-22-24-9-16-30-33-32(34-35(30)21-24)29-15-14-28(19-23(29)3)40-17-7-18-42(4,37)38/h9-16,19,21,26H,6-7,17-18,20,22H2,1-4H3. The molecule has 0 fully saturated rings. The molecule has 0 aliphatic rings. The van der Waals surface area contributed by atoms with E-state index >= 15 is 0 Å². The Labute approximate surface area is 246 Å². The van der Waals surface area contributed by atoms with Gasteiger partial charge in [-0.05, 0) is 74.7 Å². The lowest BCUT2D eigenvalue weighted by molar-refractivity contribution is -0.143. The summed E-state index contributed by atoms with van der Waals surface area (Å²) < 4.78 is 41.1. The van der Waals surface area contributed by atoms with Crippen molar-refractivity contribution in [1.82, 2.24) is 14.6 Å². The van der Waals surface area contributed by atoms with E-state index in [0.29, 0.717) is 49.2 Å². The zero-order chi connectivity index (χ0) is 30.1. The van der Waals surface area contributed by atoms with Crippen LogP contribution >= 0.6 is 0 Å². The van der Waals surface area contributed by atoms with E-state index in [9.17, 15) is 13.2 Å². The zero-order valence-electron chi connectivity index (χ0n) is 24.3. The lowest BCUT2D eigenvalue weighted by Gasteiger charge is -2.12. The molecule has 2 heterocycles. The Balaban J connectivity index is 1.38. The summed E-state index contributed by atoms with van der Waals surface area (Å²) in [7, 11) is -3.00. The molecule has 1 unspecified atom stereocenters. The molecule has 0 radical (unpaired) electrons. The number of ether oxygens (including phenoxy) is 3. The molecule has 4 rings (SSSR count). The largest absolute Gasteiger partial charge is 0.494 e. The maximum absolute atomic E-state index is 12.0. The summed E-state index contributed by atoms with van der Waals surface area (Å²) in [5.41, 5.74) is 4.41. The van der Waals surface area contributed by atoms with Crippen LogP contribution in [0.4, 0.5) is 0 Å². The number of sulfone groups is 1. The van der Waals surface area contributed by atoms with Gasteiger partial charge >= 0.3 is 5.97 Å². The maximum atomic E-state index is 12.0. The number of benzene rings is 2. The van der Waals surface area contributed by atoms with Gasteiger partial charge in [0.05, 0.1) is 31.3 Å². The van der Waals surface area contributed by atoms with Crippen molar-refractivity contribution in [2.75, 3.05) is 25.2 Å². The van der Waals surface area contributed by atoms with Crippen LogP contribution in [0.3, 0.4) is 0 Å². The van der Waals surface area contributed by atoms with Crippen molar-refractivity contribution >= 4 is 21.5 Å². The highest BCUT2D eigenvalue weighted by Crippen LogP contribution is 2.26. The summed E-state index contributed by atoms with van der Waals surface area (Å²) in [4.78, 5) is 16.6. The van der Waals surface area contributed by atoms with Gasteiger partial charge in [-0.15, -0.1) is 11.0 Å². The van der Waals surface area contributed by atoms with E-state index in [1.165, 1.54) is 6.26 Å². The molecule has 42 heavy (non-hydrogen) atoms. The number of nitrogens with zero attached hydrogens (tertiary/aromatic N) is 3. The summed E-state index contributed by atoms with van der Waals surface area (Å²) >= 11 is 0. The second kappa shape index (κ2) is 14.0. The number of hydrogen-bond donors (Lipinski definition) is 0. The Morgan fingerprint density at radius 3 is 2.50 bits per heavy atom. The molecule has 2 aromatic carbocycles. The molecule has 0 spiro atoms. The van der Waals surface area contributed by atoms with E-state index in [1.807, 2.05) is 67.7 Å². The Morgan fingerprint density at radius 2 is 1.81 bits per heavy atom. The molecule has 0 saturated heterocycles. The minimum absolute atomic E-state index is 0.0994. The lowest BCUT2D eigenvalue weighted by atomic mass is 9.96. The molecule has 0 bridgehead atoms. The van der Waals surface area contributed by atoms with E-state index in [0.717, 1.165) is 22.3 Å². The third-order valence-electron chi connectivity index (χ3n) is 6.44. The van der Waals surface area contributed by atoms with Crippen molar-refractivity contribution in [1.29, 1.82) is 0 Å². The molecule has 0 aliphatic heterocycles. The van der Waals surface area contributed by atoms with Crippen LogP contribution in [0.2, 0.25) is 0 Å². The van der Waals surface area contributed by atoms with Crippen molar-refractivity contribution in [2.45, 2.75) is 46.1 Å². The molecule has 220 valence electrons. The van der Waals surface area contributed by atoms with Gasteiger partial charge in [0, 0.05) is 23.6 Å². The predicted molar refractivity (Wildman–Crippen MR) is 161 cm³/mol. The Morgan fingerprint density at radius 1 is 1.05 bits per heavy atom. The first-order chi connectivity index (χ1) is 20.1. The summed E-state index contributed by atoms with van der Waals surface area (Å²) in [6.07, 6.45) is 3.76. The fraction of sp³-hybridized carbons (Fsp3) is 0.344. The van der Waals surface area contributed by atoms with E-state index in [1.54, 1.807) is 18.4 Å². The number of aromatic nitrogens is 3. The van der Waals surface area contributed by atoms with Gasteiger partial charge in [-0.25, -0.2) is 17.9 Å². The zero-order valence-corrected chi connectivity index (χ0v) is 25.1. The topological polar surface area (TPSA) is 109 Å². The van der Waals surface area contributed by atoms with Gasteiger partial charge in [-0.1, -0.05) is 24.1 Å². The molecular weight excluding hydrogens is 554 g/mol. The van der Waals surface area contributed by atoms with Gasteiger partial charge in [-0.3, -0.25) is 4.79 Å². The van der Waals surface area contributed by atoms with Crippen LogP contribution in [0, 0.1) is 18.8 Å². The van der Waals surface area contributed by atoms with E-state index in [2.05, 4.69) is 21.9 Å². The average Bonchev–Trinajstić information content (AvgIpc) is 3.37. The highest BCUT2D eigenvalue weighted by atomic mass is 32.2. The first kappa shape index (κ1) is 30.6. The fourth-order valence-corrected chi connectivity index (χ4v) is 5.03. The van der Waals surface area contributed by atoms with Gasteiger partial charge in [0.2, 0.25) is 0 Å². The van der Waals surface area contributed by atoms with Crippen molar-refractivity contribution in [3.8, 4) is 34.7 Å². The Bertz CT molecular complexity index is 1700. The highest BCUT2D eigenvalue weighted by Gasteiger charge is 2.15. The molecule has 0 N–H and O–H groups in total. The average molecular weight is 590 g/mol. The highest BCUT2D eigenvalue weighted by molar-refractivity contribution is 7.90. The van der Waals surface area contributed by atoms with Crippen molar-refractivity contribution in [2.24, 2.45) is 0 Å². The molecule has 2 aromatic heterocycles. The SMILES string of the molecule is CC#CC(CC(=O)OCC)c1ccc(OCc2ccc3nc(-c4ccc(OCCCS(C)(=O)=O)cc4C)nn3c2)cc1. The number of carbonyl (C=O) groups is 1. The molecular formula is C32H35N3O6S. The smallest absolute Gasteiger partial charge is 0.307 e. The lowest BCUT2D eigenvalue weighted by Crippen LogP contribution is -2.09. The summed E-state index contributed by atoms with van der Waals surface area (Å²) in [6, 6.07) is 17.1. The Kier molecular flexibility index (Phi) is 10.2. The number of rotatable bonds is 13. The van der Waals surface area contributed by atoms with Crippen molar-refractivity contribution in [3.05, 3.63) is 77.5 Å². The van der Waals surface area contributed by atoms with Crippen LogP contribution in [0.25, 0.3) is 17.0 Å². The molecule has 1 atom stereocenters. The van der Waals surface area contributed by atoms with Crippen LogP contribution < -0.4 is 9.47 Å². The van der Waals surface area contributed by atoms with Crippen molar-refractivity contribution < 1.29 is 27.4 Å². The second-order valence-corrected chi connectivity index (χ2v) is 12.2. The van der Waals surface area contributed by atoms with Gasteiger partial charge in [0.15, 0.2) is 11.5 Å². The van der Waals surface area contributed by atoms with E-state index in [4.69, 9.17) is 14.2 Å². The van der Waals surface area contributed by atoms with E-state index < -0.39 is 9.84 Å². The van der Waals surface area contributed by atoms with Gasteiger partial charge in [0.1, 0.15) is 27.9 Å². The number of hydrogen-bond acceptors (Lipinski definition) is 8. The number of aryl methyl sites for hydroxylation is 1. The van der Waals surface area contributed by atoms with Crippen LogP contribution in [-0.4, -0.2) is 54.2 Å². The number of carbonyl (C=O) groups excluding carboxylic acids is 1. The number of esters is 1. The minimum Gasteiger partial charge on any atom is -0.494 e. The van der Waals surface area contributed by atoms with Gasteiger partial charge in [-0.2, -0.15) is 0 Å². The molecule has 0 amide bonds. The quantitative estimate of drug-likeness (QED) is 0.120. The van der Waals surface area contributed by atoms with Crippen LogP contribution in [0.5, 0.6) is 11.5 Å². The minimum atomic E-state index is -3.00. The molecule has 10 heteroatoms. The number of fused-ring (bicyclic) bond motifs is 1.